The number of hydrogen-bond acceptors (Lipinski definition) is 2. The van der Waals surface area contributed by atoms with Gasteiger partial charge in [0.15, 0.2) is 0 Å². The summed E-state index contributed by atoms with van der Waals surface area (Å²) in [4.78, 5) is 11.8. The average Bonchev–Trinajstić information content (AvgIpc) is 2.73. The molecule has 2 heteroatoms. The van der Waals surface area contributed by atoms with E-state index in [1.54, 1.807) is 0 Å². The van der Waals surface area contributed by atoms with Crippen LogP contribution < -0.4 is 0 Å². The fourth-order valence-corrected chi connectivity index (χ4v) is 3.19. The third kappa shape index (κ3) is 1.53. The predicted molar refractivity (Wildman–Crippen MR) is 61.0 cm³/mol. The largest absolute Gasteiger partial charge is 0.465 e. The summed E-state index contributed by atoms with van der Waals surface area (Å²) >= 11 is 0. The molecule has 0 spiro atoms. The topological polar surface area (TPSA) is 26.3 Å². The first kappa shape index (κ1) is 9.88. The molecule has 0 N–H and O–H groups in total. The molecule has 0 aromatic heterocycles. The lowest BCUT2D eigenvalue weighted by Gasteiger charge is -2.30. The van der Waals surface area contributed by atoms with Gasteiger partial charge in [0.1, 0.15) is 0 Å². The summed E-state index contributed by atoms with van der Waals surface area (Å²) in [6.45, 7) is 0.646. The summed E-state index contributed by atoms with van der Waals surface area (Å²) in [5, 5.41) is 0. The van der Waals surface area contributed by atoms with Crippen molar-refractivity contribution in [1.82, 2.24) is 0 Å². The molecule has 3 atom stereocenters. The predicted octanol–water partition coefficient (Wildman–Crippen LogP) is 2.74. The highest BCUT2D eigenvalue weighted by Gasteiger charge is 2.44. The molecule has 3 rings (SSSR count). The Morgan fingerprint density at radius 2 is 1.94 bits per heavy atom. The van der Waals surface area contributed by atoms with Gasteiger partial charge in [0, 0.05) is 5.92 Å². The van der Waals surface area contributed by atoms with Crippen molar-refractivity contribution < 1.29 is 9.53 Å². The van der Waals surface area contributed by atoms with Crippen molar-refractivity contribution in [3.8, 4) is 0 Å². The highest BCUT2D eigenvalue weighted by molar-refractivity contribution is 5.76. The van der Waals surface area contributed by atoms with Crippen molar-refractivity contribution in [3.63, 3.8) is 0 Å². The molecule has 2 nitrogen and oxygen atoms in total. The zero-order valence-corrected chi connectivity index (χ0v) is 9.26. The van der Waals surface area contributed by atoms with E-state index in [0.29, 0.717) is 18.4 Å². The van der Waals surface area contributed by atoms with Crippen LogP contribution in [0.5, 0.6) is 0 Å². The van der Waals surface area contributed by atoms with Gasteiger partial charge < -0.3 is 4.74 Å². The molecule has 1 saturated heterocycles. The first-order valence-electron chi connectivity index (χ1n) is 6.08. The molecule has 16 heavy (non-hydrogen) atoms. The lowest BCUT2D eigenvalue weighted by atomic mass is 9.71. The third-order valence-electron chi connectivity index (χ3n) is 3.97. The number of carbonyl (C=O) groups is 1. The van der Waals surface area contributed by atoms with Crippen LogP contribution in [0, 0.1) is 11.8 Å². The minimum atomic E-state index is 0.0264. The van der Waals surface area contributed by atoms with Gasteiger partial charge in [0.05, 0.1) is 12.5 Å². The Hall–Kier alpha value is -1.31. The lowest BCUT2D eigenvalue weighted by molar-refractivity contribution is -0.142. The quantitative estimate of drug-likeness (QED) is 0.675. The summed E-state index contributed by atoms with van der Waals surface area (Å²) < 4.78 is 5.21. The maximum absolute atomic E-state index is 11.8. The van der Waals surface area contributed by atoms with Crippen molar-refractivity contribution in [3.05, 3.63) is 35.9 Å². The lowest BCUT2D eigenvalue weighted by Crippen LogP contribution is -2.28. The molecular weight excluding hydrogens is 200 g/mol. The van der Waals surface area contributed by atoms with Crippen LogP contribution in [-0.4, -0.2) is 12.6 Å². The first-order valence-corrected chi connectivity index (χ1v) is 6.08. The number of cyclic esters (lactones) is 1. The second-order valence-electron chi connectivity index (χ2n) is 4.86. The number of rotatable bonds is 1. The van der Waals surface area contributed by atoms with E-state index >= 15 is 0 Å². The summed E-state index contributed by atoms with van der Waals surface area (Å²) in [6, 6.07) is 10.4. The molecule has 84 valence electrons. The summed E-state index contributed by atoms with van der Waals surface area (Å²) in [7, 11) is 0. The Kier molecular flexibility index (Phi) is 2.43. The van der Waals surface area contributed by atoms with Gasteiger partial charge >= 0.3 is 5.97 Å². The van der Waals surface area contributed by atoms with E-state index in [9.17, 15) is 4.79 Å². The number of esters is 1. The number of carbonyl (C=O) groups excluding carboxylic acids is 1. The monoisotopic (exact) mass is 216 g/mol. The molecule has 1 saturated carbocycles. The van der Waals surface area contributed by atoms with Crippen molar-refractivity contribution in [2.75, 3.05) is 6.61 Å². The van der Waals surface area contributed by atoms with Crippen LogP contribution >= 0.6 is 0 Å². The van der Waals surface area contributed by atoms with Crippen molar-refractivity contribution >= 4 is 5.97 Å². The fourth-order valence-electron chi connectivity index (χ4n) is 3.19. The summed E-state index contributed by atoms with van der Waals surface area (Å²) in [6.07, 6.45) is 3.50. The average molecular weight is 216 g/mol. The normalized spacial score (nSPS) is 33.2. The van der Waals surface area contributed by atoms with Gasteiger partial charge in [0.2, 0.25) is 0 Å². The fraction of sp³-hybridized carbons (Fsp3) is 0.500. The molecule has 0 amide bonds. The second-order valence-corrected chi connectivity index (χ2v) is 4.86. The molecule has 0 bridgehead atoms. The zero-order chi connectivity index (χ0) is 11.0. The molecule has 1 aliphatic carbocycles. The summed E-state index contributed by atoms with van der Waals surface area (Å²) in [5.74, 6) is 0.996. The van der Waals surface area contributed by atoms with Gasteiger partial charge in [-0.25, -0.2) is 0 Å². The van der Waals surface area contributed by atoms with Gasteiger partial charge in [0.25, 0.3) is 0 Å². The van der Waals surface area contributed by atoms with E-state index in [4.69, 9.17) is 4.74 Å². The SMILES string of the molecule is O=C1OC[C@H]2CCC[C@@H](c3ccccc3)[C@@H]12. The molecule has 0 unspecified atom stereocenters. The van der Waals surface area contributed by atoms with Crippen molar-refractivity contribution in [2.24, 2.45) is 11.8 Å². The van der Waals surface area contributed by atoms with E-state index < -0.39 is 0 Å². The maximum Gasteiger partial charge on any atom is 0.309 e. The van der Waals surface area contributed by atoms with Crippen LogP contribution in [0.1, 0.15) is 30.7 Å². The third-order valence-corrected chi connectivity index (χ3v) is 3.97. The van der Waals surface area contributed by atoms with E-state index in [-0.39, 0.29) is 11.9 Å². The minimum absolute atomic E-state index is 0.0264. The zero-order valence-electron chi connectivity index (χ0n) is 9.26. The van der Waals surface area contributed by atoms with Crippen LogP contribution in [-0.2, 0) is 9.53 Å². The van der Waals surface area contributed by atoms with Crippen LogP contribution in [0.3, 0.4) is 0 Å². The smallest absolute Gasteiger partial charge is 0.309 e. The number of benzene rings is 1. The van der Waals surface area contributed by atoms with Gasteiger partial charge in [-0.15, -0.1) is 0 Å². The number of hydrogen-bond donors (Lipinski definition) is 0. The highest BCUT2D eigenvalue weighted by Crippen LogP contribution is 2.44. The van der Waals surface area contributed by atoms with Gasteiger partial charge in [-0.2, -0.15) is 0 Å². The highest BCUT2D eigenvalue weighted by atomic mass is 16.5. The van der Waals surface area contributed by atoms with Gasteiger partial charge in [-0.05, 0) is 24.3 Å². The molecule has 1 aromatic rings. The van der Waals surface area contributed by atoms with Crippen LogP contribution in [0.15, 0.2) is 30.3 Å². The molecule has 0 radical (unpaired) electrons. The standard InChI is InChI=1S/C14H16O2/c15-14-13-11(9-16-14)7-4-8-12(13)10-5-2-1-3-6-10/h1-3,5-6,11-13H,4,7-9H2/t11-,12+,13+/m1/s1. The minimum Gasteiger partial charge on any atom is -0.465 e. The maximum atomic E-state index is 11.8. The Morgan fingerprint density at radius 3 is 2.75 bits per heavy atom. The van der Waals surface area contributed by atoms with Crippen molar-refractivity contribution in [2.45, 2.75) is 25.2 Å². The van der Waals surface area contributed by atoms with Crippen LogP contribution in [0.25, 0.3) is 0 Å². The van der Waals surface area contributed by atoms with Crippen LogP contribution in [0.4, 0.5) is 0 Å². The van der Waals surface area contributed by atoms with E-state index in [1.807, 2.05) is 6.07 Å². The van der Waals surface area contributed by atoms with Gasteiger partial charge in [-0.1, -0.05) is 36.8 Å². The second kappa shape index (κ2) is 3.93. The first-order chi connectivity index (χ1) is 7.86. The summed E-state index contributed by atoms with van der Waals surface area (Å²) in [5.41, 5.74) is 1.30. The van der Waals surface area contributed by atoms with E-state index in [1.165, 1.54) is 12.0 Å². The number of ether oxygens (including phenoxy) is 1. The Labute approximate surface area is 95.6 Å². The molecule has 2 aliphatic rings. The van der Waals surface area contributed by atoms with E-state index in [0.717, 1.165) is 12.8 Å². The Bertz CT molecular complexity index is 385. The Morgan fingerprint density at radius 1 is 1.12 bits per heavy atom. The molecule has 1 heterocycles. The molecular formula is C14H16O2. The Balaban J connectivity index is 1.92. The molecule has 1 aliphatic heterocycles. The van der Waals surface area contributed by atoms with Gasteiger partial charge in [-0.3, -0.25) is 4.79 Å². The van der Waals surface area contributed by atoms with Crippen LogP contribution in [0.2, 0.25) is 0 Å². The van der Waals surface area contributed by atoms with E-state index in [2.05, 4.69) is 24.3 Å². The van der Waals surface area contributed by atoms with Crippen molar-refractivity contribution in [1.29, 1.82) is 0 Å². The molecule has 1 aromatic carbocycles. The molecule has 2 fully saturated rings. The number of fused-ring (bicyclic) bond motifs is 1.